The van der Waals surface area contributed by atoms with Gasteiger partial charge in [0, 0.05) is 4.90 Å². The lowest BCUT2D eigenvalue weighted by Gasteiger charge is -2.12. The number of thioether (sulfide) groups is 1. The number of ketones is 1. The van der Waals surface area contributed by atoms with Gasteiger partial charge in [-0.05, 0) is 31.5 Å². The third-order valence-electron chi connectivity index (χ3n) is 2.55. The first-order valence-corrected chi connectivity index (χ1v) is 7.14. The molecule has 0 spiro atoms. The van der Waals surface area contributed by atoms with Gasteiger partial charge in [0.15, 0.2) is 5.78 Å². The van der Waals surface area contributed by atoms with Gasteiger partial charge >= 0.3 is 5.97 Å². The summed E-state index contributed by atoms with van der Waals surface area (Å²) in [6.45, 7) is 3.74. The van der Waals surface area contributed by atoms with Gasteiger partial charge in [-0.25, -0.2) is 4.39 Å². The smallest absolute Gasteiger partial charge is 0.316 e. The largest absolute Gasteiger partial charge is 0.465 e. The summed E-state index contributed by atoms with van der Waals surface area (Å²) in [5.74, 6) is -1.58. The highest BCUT2D eigenvalue weighted by Crippen LogP contribution is 2.21. The van der Waals surface area contributed by atoms with Gasteiger partial charge in [-0.1, -0.05) is 13.0 Å². The van der Waals surface area contributed by atoms with Crippen molar-refractivity contribution in [3.63, 3.8) is 0 Å². The van der Waals surface area contributed by atoms with Crippen molar-refractivity contribution < 1.29 is 18.7 Å². The van der Waals surface area contributed by atoms with E-state index < -0.39 is 11.9 Å². The molecule has 104 valence electrons. The van der Waals surface area contributed by atoms with Gasteiger partial charge in [0.25, 0.3) is 0 Å². The minimum absolute atomic E-state index is 0.140. The number of hydrogen-bond acceptors (Lipinski definition) is 4. The summed E-state index contributed by atoms with van der Waals surface area (Å²) in [7, 11) is 0. The van der Waals surface area contributed by atoms with Crippen molar-refractivity contribution in [2.45, 2.75) is 25.2 Å². The molecule has 0 amide bonds. The number of halogens is 1. The third kappa shape index (κ3) is 5.03. The van der Waals surface area contributed by atoms with Crippen molar-refractivity contribution in [2.75, 3.05) is 12.4 Å². The van der Waals surface area contributed by atoms with E-state index in [4.69, 9.17) is 4.74 Å². The Kier molecular flexibility index (Phi) is 6.56. The molecule has 0 bridgehead atoms. The van der Waals surface area contributed by atoms with Crippen LogP contribution in [0.1, 0.15) is 20.3 Å². The molecule has 1 atom stereocenters. The zero-order valence-corrected chi connectivity index (χ0v) is 11.8. The Morgan fingerprint density at radius 3 is 2.68 bits per heavy atom. The molecule has 0 aliphatic heterocycles. The van der Waals surface area contributed by atoms with Crippen molar-refractivity contribution in [2.24, 2.45) is 5.92 Å². The van der Waals surface area contributed by atoms with Crippen molar-refractivity contribution in [3.8, 4) is 0 Å². The van der Waals surface area contributed by atoms with Gasteiger partial charge in [-0.2, -0.15) is 0 Å². The molecule has 0 fully saturated rings. The molecular formula is C14H17FO3S. The number of carbonyl (C=O) groups is 2. The summed E-state index contributed by atoms with van der Waals surface area (Å²) in [6, 6.07) is 6.03. The van der Waals surface area contributed by atoms with E-state index >= 15 is 0 Å². The molecule has 1 rings (SSSR count). The lowest BCUT2D eigenvalue weighted by atomic mass is 10.0. The first-order chi connectivity index (χ1) is 9.08. The second-order valence-electron chi connectivity index (χ2n) is 3.93. The fourth-order valence-corrected chi connectivity index (χ4v) is 2.46. The zero-order chi connectivity index (χ0) is 14.3. The Morgan fingerprint density at radius 1 is 1.37 bits per heavy atom. The highest BCUT2D eigenvalue weighted by molar-refractivity contribution is 8.00. The number of rotatable bonds is 7. The van der Waals surface area contributed by atoms with E-state index in [1.165, 1.54) is 23.9 Å². The van der Waals surface area contributed by atoms with Crippen LogP contribution in [-0.2, 0) is 14.3 Å². The van der Waals surface area contributed by atoms with Gasteiger partial charge in [0.2, 0.25) is 0 Å². The lowest BCUT2D eigenvalue weighted by molar-refractivity contribution is -0.151. The molecule has 0 N–H and O–H groups in total. The lowest BCUT2D eigenvalue weighted by Crippen LogP contribution is -2.27. The maximum atomic E-state index is 13.0. The molecule has 0 aliphatic carbocycles. The van der Waals surface area contributed by atoms with Crippen LogP contribution in [0.15, 0.2) is 29.2 Å². The summed E-state index contributed by atoms with van der Waals surface area (Å²) < 4.78 is 17.8. The van der Waals surface area contributed by atoms with Gasteiger partial charge in [-0.15, -0.1) is 11.8 Å². The summed E-state index contributed by atoms with van der Waals surface area (Å²) in [5.41, 5.74) is 0. The monoisotopic (exact) mass is 284 g/mol. The number of esters is 1. The van der Waals surface area contributed by atoms with E-state index in [1.54, 1.807) is 26.0 Å². The van der Waals surface area contributed by atoms with E-state index in [0.29, 0.717) is 11.3 Å². The minimum atomic E-state index is -0.721. The molecule has 19 heavy (non-hydrogen) atoms. The van der Waals surface area contributed by atoms with Crippen LogP contribution in [0.3, 0.4) is 0 Å². The fraction of sp³-hybridized carbons (Fsp3) is 0.429. The Bertz CT molecular complexity index is 448. The molecule has 0 saturated carbocycles. The molecule has 1 aromatic rings. The number of benzene rings is 1. The van der Waals surface area contributed by atoms with Gasteiger partial charge < -0.3 is 4.74 Å². The van der Waals surface area contributed by atoms with Crippen molar-refractivity contribution >= 4 is 23.5 Å². The predicted octanol–water partition coefficient (Wildman–Crippen LogP) is 3.08. The highest BCUT2D eigenvalue weighted by Gasteiger charge is 2.25. The summed E-state index contributed by atoms with van der Waals surface area (Å²) in [6.07, 6.45) is 0.418. The second-order valence-corrected chi connectivity index (χ2v) is 4.97. The van der Waals surface area contributed by atoms with E-state index in [0.717, 1.165) is 0 Å². The SMILES string of the molecule is CCOC(=O)C(CC)C(=O)CSc1cccc(F)c1. The summed E-state index contributed by atoms with van der Waals surface area (Å²) in [4.78, 5) is 24.2. The fourth-order valence-electron chi connectivity index (χ4n) is 1.58. The number of ether oxygens (including phenoxy) is 1. The average molecular weight is 284 g/mol. The van der Waals surface area contributed by atoms with E-state index in [2.05, 4.69) is 0 Å². The maximum absolute atomic E-state index is 13.0. The molecule has 0 aliphatic rings. The Hall–Kier alpha value is -1.36. The molecule has 3 nitrogen and oxygen atoms in total. The van der Waals surface area contributed by atoms with Crippen LogP contribution in [0, 0.1) is 11.7 Å². The van der Waals surface area contributed by atoms with E-state index in [-0.39, 0.29) is 24.0 Å². The molecule has 5 heteroatoms. The van der Waals surface area contributed by atoms with Crippen molar-refractivity contribution in [1.29, 1.82) is 0 Å². The third-order valence-corrected chi connectivity index (χ3v) is 3.56. The van der Waals surface area contributed by atoms with Crippen LogP contribution in [0.25, 0.3) is 0 Å². The van der Waals surface area contributed by atoms with Crippen molar-refractivity contribution in [3.05, 3.63) is 30.1 Å². The molecule has 1 unspecified atom stereocenters. The normalized spacial score (nSPS) is 11.9. The minimum Gasteiger partial charge on any atom is -0.465 e. The van der Waals surface area contributed by atoms with Gasteiger partial charge in [0.1, 0.15) is 11.7 Å². The molecule has 1 aromatic carbocycles. The number of Topliss-reactive ketones (excluding diaryl/α,β-unsaturated/α-hetero) is 1. The first kappa shape index (κ1) is 15.7. The van der Waals surface area contributed by atoms with Crippen LogP contribution in [0.4, 0.5) is 4.39 Å². The van der Waals surface area contributed by atoms with E-state index in [9.17, 15) is 14.0 Å². The maximum Gasteiger partial charge on any atom is 0.316 e. The van der Waals surface area contributed by atoms with Crippen LogP contribution < -0.4 is 0 Å². The highest BCUT2D eigenvalue weighted by atomic mass is 32.2. The first-order valence-electron chi connectivity index (χ1n) is 6.16. The van der Waals surface area contributed by atoms with Crippen LogP contribution >= 0.6 is 11.8 Å². The van der Waals surface area contributed by atoms with Gasteiger partial charge in [-0.3, -0.25) is 9.59 Å². The number of hydrogen-bond donors (Lipinski definition) is 0. The van der Waals surface area contributed by atoms with E-state index in [1.807, 2.05) is 0 Å². The average Bonchev–Trinajstić information content (AvgIpc) is 2.37. The standard InChI is InChI=1S/C14H17FO3S/c1-3-12(14(17)18-4-2)13(16)9-19-11-7-5-6-10(15)8-11/h5-8,12H,3-4,9H2,1-2H3. The second kappa shape index (κ2) is 7.94. The van der Waals surface area contributed by atoms with Crippen LogP contribution in [0.5, 0.6) is 0 Å². The summed E-state index contributed by atoms with van der Waals surface area (Å²) in [5, 5.41) is 0. The summed E-state index contributed by atoms with van der Waals surface area (Å²) >= 11 is 1.22. The number of carbonyl (C=O) groups excluding carboxylic acids is 2. The molecule has 0 saturated heterocycles. The molecule has 0 radical (unpaired) electrons. The quantitative estimate of drug-likeness (QED) is 0.438. The zero-order valence-electron chi connectivity index (χ0n) is 11.0. The van der Waals surface area contributed by atoms with Crippen LogP contribution in [0.2, 0.25) is 0 Å². The predicted molar refractivity (Wildman–Crippen MR) is 72.5 cm³/mol. The van der Waals surface area contributed by atoms with Crippen LogP contribution in [-0.4, -0.2) is 24.1 Å². The molecular weight excluding hydrogens is 267 g/mol. The Morgan fingerprint density at radius 2 is 2.11 bits per heavy atom. The van der Waals surface area contributed by atoms with Crippen molar-refractivity contribution in [1.82, 2.24) is 0 Å². The topological polar surface area (TPSA) is 43.4 Å². The Balaban J connectivity index is 2.56. The molecule has 0 aromatic heterocycles. The van der Waals surface area contributed by atoms with Gasteiger partial charge in [0.05, 0.1) is 12.4 Å². The molecule has 0 heterocycles. The Labute approximate surface area is 116 Å².